The Hall–Kier alpha value is -1.77. The summed E-state index contributed by atoms with van der Waals surface area (Å²) in [5.74, 6) is -0.136. The van der Waals surface area contributed by atoms with Gasteiger partial charge >= 0.3 is 0 Å². The van der Waals surface area contributed by atoms with Gasteiger partial charge in [0.2, 0.25) is 0 Å². The molecule has 0 atom stereocenters. The molecule has 0 unspecified atom stereocenters. The number of aliphatic hydroxyl groups is 1. The molecule has 0 spiro atoms. The van der Waals surface area contributed by atoms with E-state index in [2.05, 4.69) is 19.9 Å². The van der Waals surface area contributed by atoms with Crippen LogP contribution in [-0.2, 0) is 16.6 Å². The van der Waals surface area contributed by atoms with Gasteiger partial charge in [-0.15, -0.1) is 5.10 Å². The molecule has 1 aromatic heterocycles. The summed E-state index contributed by atoms with van der Waals surface area (Å²) < 4.78 is 26.2. The van der Waals surface area contributed by atoms with E-state index in [0.717, 1.165) is 0 Å². The Morgan fingerprint density at radius 1 is 1.32 bits per heavy atom. The third kappa shape index (κ3) is 3.16. The number of halogens is 1. The van der Waals surface area contributed by atoms with Crippen molar-refractivity contribution in [2.75, 3.05) is 4.72 Å². The molecule has 0 bridgehead atoms. The third-order valence-electron chi connectivity index (χ3n) is 2.21. The predicted octanol–water partition coefficient (Wildman–Crippen LogP) is 0.818. The maximum absolute atomic E-state index is 12.0. The smallest absolute Gasteiger partial charge is 0.264 e. The summed E-state index contributed by atoms with van der Waals surface area (Å²) in [6, 6.07) is 3.99. The number of benzene rings is 1. The Kier molecular flexibility index (Phi) is 3.93. The number of aromatic nitrogens is 3. The van der Waals surface area contributed by atoms with Crippen LogP contribution in [0.5, 0.6) is 0 Å². The van der Waals surface area contributed by atoms with Crippen LogP contribution >= 0.6 is 11.6 Å². The first-order valence-corrected chi connectivity index (χ1v) is 6.95. The quantitative estimate of drug-likeness (QED) is 0.866. The van der Waals surface area contributed by atoms with Crippen molar-refractivity contribution in [2.24, 2.45) is 0 Å². The van der Waals surface area contributed by atoms with E-state index in [1.165, 1.54) is 30.6 Å². The van der Waals surface area contributed by atoms with Crippen LogP contribution in [0.1, 0.15) is 5.56 Å². The number of sulfonamides is 1. The number of rotatable bonds is 4. The molecule has 2 aromatic rings. The van der Waals surface area contributed by atoms with Gasteiger partial charge in [0.15, 0.2) is 0 Å². The molecule has 2 N–H and O–H groups in total. The Balaban J connectivity index is 2.35. The van der Waals surface area contributed by atoms with E-state index in [1.54, 1.807) is 0 Å². The highest BCUT2D eigenvalue weighted by Gasteiger charge is 2.17. The largest absolute Gasteiger partial charge is 0.392 e. The first kappa shape index (κ1) is 13.7. The summed E-state index contributed by atoms with van der Waals surface area (Å²) in [5.41, 5.74) is 0.316. The van der Waals surface area contributed by atoms with Crippen molar-refractivity contribution in [3.05, 3.63) is 41.2 Å². The van der Waals surface area contributed by atoms with Gasteiger partial charge in [-0.3, -0.25) is 0 Å². The van der Waals surface area contributed by atoms with Gasteiger partial charge in [-0.1, -0.05) is 11.6 Å². The fourth-order valence-electron chi connectivity index (χ4n) is 1.31. The van der Waals surface area contributed by atoms with Crippen molar-refractivity contribution in [1.29, 1.82) is 0 Å². The highest BCUT2D eigenvalue weighted by Crippen LogP contribution is 2.21. The zero-order valence-corrected chi connectivity index (χ0v) is 11.1. The van der Waals surface area contributed by atoms with Crippen molar-refractivity contribution >= 4 is 27.6 Å². The lowest BCUT2D eigenvalue weighted by Crippen LogP contribution is -2.15. The molecule has 0 fully saturated rings. The zero-order valence-electron chi connectivity index (χ0n) is 9.49. The molecule has 19 heavy (non-hydrogen) atoms. The van der Waals surface area contributed by atoms with Crippen LogP contribution in [0.4, 0.5) is 5.95 Å². The lowest BCUT2D eigenvalue weighted by molar-refractivity contribution is 0.281. The van der Waals surface area contributed by atoms with E-state index < -0.39 is 10.0 Å². The minimum atomic E-state index is -3.85. The van der Waals surface area contributed by atoms with Gasteiger partial charge in [-0.2, -0.15) is 5.10 Å². The summed E-state index contributed by atoms with van der Waals surface area (Å²) in [6.45, 7) is -0.356. The van der Waals surface area contributed by atoms with Crippen molar-refractivity contribution < 1.29 is 13.5 Å². The molecule has 1 heterocycles. The minimum absolute atomic E-state index is 0.0478. The number of hydrogen-bond acceptors (Lipinski definition) is 6. The fraction of sp³-hybridized carbons (Fsp3) is 0.100. The van der Waals surface area contributed by atoms with Gasteiger partial charge in [0.25, 0.3) is 16.0 Å². The third-order valence-corrected chi connectivity index (χ3v) is 3.90. The van der Waals surface area contributed by atoms with Crippen LogP contribution in [0.2, 0.25) is 5.02 Å². The van der Waals surface area contributed by atoms with Gasteiger partial charge in [-0.25, -0.2) is 18.1 Å². The van der Waals surface area contributed by atoms with Crippen LogP contribution in [-0.4, -0.2) is 28.7 Å². The normalized spacial score (nSPS) is 11.3. The fourth-order valence-corrected chi connectivity index (χ4v) is 2.49. The molecular formula is C10H9ClN4O3S. The molecule has 100 valence electrons. The Morgan fingerprint density at radius 2 is 2.11 bits per heavy atom. The lowest BCUT2D eigenvalue weighted by atomic mass is 10.2. The Labute approximate surface area is 114 Å². The van der Waals surface area contributed by atoms with Crippen LogP contribution in [0.15, 0.2) is 35.5 Å². The second-order valence-corrected chi connectivity index (χ2v) is 5.57. The SMILES string of the molecule is O=S(=O)(Nc1nccnn1)c1ccc(Cl)c(CO)c1. The van der Waals surface area contributed by atoms with E-state index in [-0.39, 0.29) is 17.5 Å². The first-order valence-electron chi connectivity index (χ1n) is 5.09. The first-order chi connectivity index (χ1) is 9.03. The van der Waals surface area contributed by atoms with Gasteiger partial charge < -0.3 is 5.11 Å². The van der Waals surface area contributed by atoms with Crippen LogP contribution in [0.3, 0.4) is 0 Å². The number of hydrogen-bond donors (Lipinski definition) is 2. The second kappa shape index (κ2) is 5.47. The maximum Gasteiger partial charge on any atom is 0.264 e. The summed E-state index contributed by atoms with van der Waals surface area (Å²) in [6.07, 6.45) is 2.63. The highest BCUT2D eigenvalue weighted by atomic mass is 35.5. The van der Waals surface area contributed by atoms with Crippen LogP contribution in [0, 0.1) is 0 Å². The molecular weight excluding hydrogens is 292 g/mol. The Bertz CT molecular complexity index is 678. The van der Waals surface area contributed by atoms with E-state index in [9.17, 15) is 8.42 Å². The Morgan fingerprint density at radius 3 is 2.74 bits per heavy atom. The maximum atomic E-state index is 12.0. The second-order valence-electron chi connectivity index (χ2n) is 3.48. The molecule has 0 radical (unpaired) electrons. The van der Waals surface area contributed by atoms with E-state index >= 15 is 0 Å². The number of anilines is 1. The zero-order chi connectivity index (χ0) is 13.9. The predicted molar refractivity (Wildman–Crippen MR) is 68.0 cm³/mol. The van der Waals surface area contributed by atoms with Gasteiger partial charge in [0.1, 0.15) is 0 Å². The molecule has 0 saturated heterocycles. The topological polar surface area (TPSA) is 105 Å². The van der Waals surface area contributed by atoms with E-state index in [4.69, 9.17) is 16.7 Å². The lowest BCUT2D eigenvalue weighted by Gasteiger charge is -2.07. The standard InChI is InChI=1S/C10H9ClN4O3S/c11-9-2-1-8(5-7(9)6-16)19(17,18)15-10-12-3-4-13-14-10/h1-5,16H,6H2,(H,12,14,15). The van der Waals surface area contributed by atoms with Gasteiger partial charge in [0.05, 0.1) is 23.9 Å². The van der Waals surface area contributed by atoms with Crippen molar-refractivity contribution in [1.82, 2.24) is 15.2 Å². The average Bonchev–Trinajstić information content (AvgIpc) is 2.39. The molecule has 2 rings (SSSR count). The molecule has 7 nitrogen and oxygen atoms in total. The van der Waals surface area contributed by atoms with Crippen LogP contribution < -0.4 is 4.72 Å². The summed E-state index contributed by atoms with van der Waals surface area (Å²) in [4.78, 5) is 3.66. The summed E-state index contributed by atoms with van der Waals surface area (Å²) in [5, 5.41) is 16.4. The highest BCUT2D eigenvalue weighted by molar-refractivity contribution is 7.92. The monoisotopic (exact) mass is 300 g/mol. The molecule has 1 aromatic carbocycles. The van der Waals surface area contributed by atoms with Crippen LogP contribution in [0.25, 0.3) is 0 Å². The molecule has 0 aliphatic rings. The molecule has 0 aliphatic heterocycles. The van der Waals surface area contributed by atoms with E-state index in [0.29, 0.717) is 10.6 Å². The molecule has 0 aliphatic carbocycles. The average molecular weight is 301 g/mol. The van der Waals surface area contributed by atoms with Crippen molar-refractivity contribution in [3.8, 4) is 0 Å². The number of nitrogens with one attached hydrogen (secondary N) is 1. The number of nitrogens with zero attached hydrogens (tertiary/aromatic N) is 3. The number of aliphatic hydroxyl groups excluding tert-OH is 1. The molecule has 9 heteroatoms. The van der Waals surface area contributed by atoms with E-state index in [1.807, 2.05) is 0 Å². The van der Waals surface area contributed by atoms with Crippen molar-refractivity contribution in [2.45, 2.75) is 11.5 Å². The van der Waals surface area contributed by atoms with Gasteiger partial charge in [0, 0.05) is 5.02 Å². The van der Waals surface area contributed by atoms with Crippen molar-refractivity contribution in [3.63, 3.8) is 0 Å². The summed E-state index contributed by atoms with van der Waals surface area (Å²) >= 11 is 5.80. The summed E-state index contributed by atoms with van der Waals surface area (Å²) in [7, 11) is -3.85. The minimum Gasteiger partial charge on any atom is -0.392 e. The molecule has 0 saturated carbocycles. The van der Waals surface area contributed by atoms with Gasteiger partial charge in [-0.05, 0) is 23.8 Å². The molecule has 0 amide bonds.